The molecule has 0 radical (unpaired) electrons. The van der Waals surface area contributed by atoms with Crippen LogP contribution < -0.4 is 0 Å². The first-order valence-corrected chi connectivity index (χ1v) is 4.89. The third-order valence-corrected chi connectivity index (χ3v) is 1.84. The highest BCUT2D eigenvalue weighted by Gasteiger charge is 2.17. The van der Waals surface area contributed by atoms with Crippen molar-refractivity contribution in [2.24, 2.45) is 4.99 Å². The Hall–Kier alpha value is -1.58. The maximum Gasteiger partial charge on any atom is 0.282 e. The molecule has 0 bridgehead atoms. The van der Waals surface area contributed by atoms with Gasteiger partial charge in [0.2, 0.25) is 0 Å². The van der Waals surface area contributed by atoms with Crippen molar-refractivity contribution >= 4 is 11.6 Å². The summed E-state index contributed by atoms with van der Waals surface area (Å²) in [6.07, 6.45) is 2.90. The summed E-state index contributed by atoms with van der Waals surface area (Å²) in [4.78, 5) is 15.0. The van der Waals surface area contributed by atoms with Gasteiger partial charge in [0.05, 0.1) is 0 Å². The topological polar surface area (TPSA) is 29.4 Å². The number of carbonyl (C=O) groups is 1. The zero-order valence-electron chi connectivity index (χ0n) is 9.68. The minimum absolute atomic E-state index is 0.511. The highest BCUT2D eigenvalue weighted by molar-refractivity contribution is 6.05. The lowest BCUT2D eigenvalue weighted by atomic mass is 10.2. The van der Waals surface area contributed by atoms with Crippen molar-refractivity contribution in [2.45, 2.75) is 27.2 Å². The first kappa shape index (κ1) is 14.4. The lowest BCUT2D eigenvalue weighted by Crippen LogP contribution is -2.04. The zero-order valence-corrected chi connectivity index (χ0v) is 9.68. The number of halogens is 2. The van der Waals surface area contributed by atoms with Crippen LogP contribution in [0.15, 0.2) is 41.0 Å². The van der Waals surface area contributed by atoms with Gasteiger partial charge >= 0.3 is 0 Å². The van der Waals surface area contributed by atoms with Crippen LogP contribution in [0.3, 0.4) is 0 Å². The molecule has 0 atom stereocenters. The Kier molecular flexibility index (Phi) is 6.15. The molecule has 0 aromatic heterocycles. The van der Waals surface area contributed by atoms with Gasteiger partial charge in [-0.15, -0.1) is 0 Å². The highest BCUT2D eigenvalue weighted by atomic mass is 19.1. The third kappa shape index (κ3) is 4.29. The van der Waals surface area contributed by atoms with E-state index in [2.05, 4.69) is 11.6 Å². The first-order chi connectivity index (χ1) is 7.43. The average molecular weight is 227 g/mol. The molecule has 0 saturated heterocycles. The normalized spacial score (nSPS) is 13.9. The number of nitrogens with zero attached hydrogens (tertiary/aromatic N) is 1. The van der Waals surface area contributed by atoms with E-state index in [0.717, 1.165) is 6.08 Å². The Morgan fingerprint density at radius 1 is 1.44 bits per heavy atom. The van der Waals surface area contributed by atoms with Gasteiger partial charge in [-0.25, -0.2) is 13.8 Å². The highest BCUT2D eigenvalue weighted by Crippen LogP contribution is 2.19. The van der Waals surface area contributed by atoms with Gasteiger partial charge in [0.15, 0.2) is 0 Å². The second-order valence-electron chi connectivity index (χ2n) is 3.13. The molecule has 0 saturated carbocycles. The van der Waals surface area contributed by atoms with Gasteiger partial charge in [0.1, 0.15) is 17.2 Å². The fourth-order valence-corrected chi connectivity index (χ4v) is 0.886. The fourth-order valence-electron chi connectivity index (χ4n) is 0.886. The molecule has 0 N–H and O–H groups in total. The van der Waals surface area contributed by atoms with E-state index in [9.17, 15) is 13.6 Å². The van der Waals surface area contributed by atoms with Crippen LogP contribution in [0.25, 0.3) is 0 Å². The molecular formula is C12H15F2NO. The van der Waals surface area contributed by atoms with E-state index >= 15 is 0 Å². The van der Waals surface area contributed by atoms with Crippen LogP contribution in [0.1, 0.15) is 27.2 Å². The molecule has 0 fully saturated rings. The maximum atomic E-state index is 13.3. The van der Waals surface area contributed by atoms with Crippen LogP contribution in [0.2, 0.25) is 0 Å². The number of carbonyl (C=O) groups excluding carboxylic acids is 1. The Morgan fingerprint density at radius 2 is 2.00 bits per heavy atom. The summed E-state index contributed by atoms with van der Waals surface area (Å²) < 4.78 is 26.3. The predicted octanol–water partition coefficient (Wildman–Crippen LogP) is 3.67. The number of allylic oxidation sites excluding steroid dienone is 3. The fraction of sp³-hybridized carbons (Fsp3) is 0.333. The van der Waals surface area contributed by atoms with E-state index in [4.69, 9.17) is 0 Å². The van der Waals surface area contributed by atoms with Crippen molar-refractivity contribution in [2.75, 3.05) is 0 Å². The Labute approximate surface area is 94.1 Å². The van der Waals surface area contributed by atoms with Crippen molar-refractivity contribution < 1.29 is 13.6 Å². The molecule has 0 aliphatic rings. The number of hydrogen-bond acceptors (Lipinski definition) is 1. The average Bonchev–Trinajstić information content (AvgIpc) is 2.17. The predicted molar refractivity (Wildman–Crippen MR) is 61.6 cm³/mol. The quantitative estimate of drug-likeness (QED) is 0.409. The van der Waals surface area contributed by atoms with Gasteiger partial charge in [-0.1, -0.05) is 19.6 Å². The summed E-state index contributed by atoms with van der Waals surface area (Å²) in [5.74, 6) is -3.02. The zero-order chi connectivity index (χ0) is 12.7. The standard InChI is InChI=1S/C12H15F2NO/c1-5-7-10(14)11(9(4)13)12(16)15-8(3)6-2/h5,7H,4,6H2,1-3H3. The molecule has 0 unspecified atom stereocenters. The number of rotatable bonds is 4. The van der Waals surface area contributed by atoms with E-state index in [1.807, 2.05) is 0 Å². The molecule has 0 aliphatic carbocycles. The van der Waals surface area contributed by atoms with Gasteiger partial charge in [0.25, 0.3) is 5.91 Å². The van der Waals surface area contributed by atoms with Crippen molar-refractivity contribution in [3.8, 4) is 0 Å². The Bertz CT molecular complexity index is 378. The largest absolute Gasteiger partial charge is 0.282 e. The lowest BCUT2D eigenvalue weighted by Gasteiger charge is -2.01. The van der Waals surface area contributed by atoms with Gasteiger partial charge < -0.3 is 0 Å². The molecule has 4 heteroatoms. The molecule has 1 amide bonds. The van der Waals surface area contributed by atoms with Crippen LogP contribution >= 0.6 is 0 Å². The monoisotopic (exact) mass is 227 g/mol. The molecule has 0 aromatic rings. The first-order valence-electron chi connectivity index (χ1n) is 4.89. The summed E-state index contributed by atoms with van der Waals surface area (Å²) >= 11 is 0. The molecule has 0 aliphatic heterocycles. The van der Waals surface area contributed by atoms with Gasteiger partial charge in [-0.05, 0) is 26.3 Å². The smallest absolute Gasteiger partial charge is 0.267 e. The Balaban J connectivity index is 5.34. The minimum Gasteiger partial charge on any atom is -0.267 e. The number of amides is 1. The Morgan fingerprint density at radius 3 is 2.38 bits per heavy atom. The second kappa shape index (κ2) is 6.82. The minimum atomic E-state index is -1.12. The summed E-state index contributed by atoms with van der Waals surface area (Å²) in [5.41, 5.74) is -0.206. The van der Waals surface area contributed by atoms with E-state index in [0.29, 0.717) is 12.1 Å². The molecule has 0 aromatic carbocycles. The molecule has 0 rings (SSSR count). The van der Waals surface area contributed by atoms with Gasteiger partial charge in [-0.2, -0.15) is 0 Å². The van der Waals surface area contributed by atoms with Crippen LogP contribution in [0.5, 0.6) is 0 Å². The molecular weight excluding hydrogens is 212 g/mol. The number of hydrogen-bond donors (Lipinski definition) is 0. The van der Waals surface area contributed by atoms with Crippen molar-refractivity contribution in [3.63, 3.8) is 0 Å². The maximum absolute atomic E-state index is 13.3. The van der Waals surface area contributed by atoms with Gasteiger partial charge in [-0.3, -0.25) is 4.79 Å². The summed E-state index contributed by atoms with van der Waals surface area (Å²) in [7, 11) is 0. The summed E-state index contributed by atoms with van der Waals surface area (Å²) in [6.45, 7) is 7.89. The van der Waals surface area contributed by atoms with E-state index in [1.165, 1.54) is 6.08 Å². The van der Waals surface area contributed by atoms with E-state index in [1.54, 1.807) is 20.8 Å². The summed E-state index contributed by atoms with van der Waals surface area (Å²) in [5, 5.41) is 0. The van der Waals surface area contributed by atoms with Crippen LogP contribution in [-0.2, 0) is 4.79 Å². The lowest BCUT2D eigenvalue weighted by molar-refractivity contribution is -0.114. The van der Waals surface area contributed by atoms with Crippen molar-refractivity contribution in [1.29, 1.82) is 0 Å². The van der Waals surface area contributed by atoms with Crippen molar-refractivity contribution in [1.82, 2.24) is 0 Å². The van der Waals surface area contributed by atoms with Crippen LogP contribution in [0.4, 0.5) is 8.78 Å². The summed E-state index contributed by atoms with van der Waals surface area (Å²) in [6, 6.07) is 0. The van der Waals surface area contributed by atoms with Crippen molar-refractivity contribution in [3.05, 3.63) is 36.0 Å². The molecule has 0 heterocycles. The van der Waals surface area contributed by atoms with Crippen LogP contribution in [-0.4, -0.2) is 11.6 Å². The second-order valence-corrected chi connectivity index (χ2v) is 3.13. The van der Waals surface area contributed by atoms with Crippen LogP contribution in [0, 0.1) is 0 Å². The molecule has 88 valence electrons. The molecule has 16 heavy (non-hydrogen) atoms. The molecule has 2 nitrogen and oxygen atoms in total. The number of aliphatic imine (C=N–C) groups is 1. The van der Waals surface area contributed by atoms with E-state index in [-0.39, 0.29) is 0 Å². The van der Waals surface area contributed by atoms with E-state index < -0.39 is 23.1 Å². The SMILES string of the molecule is C=C(F)C(C(=O)N=C(C)CC)=C(F)C=CC. The van der Waals surface area contributed by atoms with Gasteiger partial charge in [0, 0.05) is 5.71 Å². The molecule has 0 spiro atoms. The third-order valence-electron chi connectivity index (χ3n) is 1.84.